The summed E-state index contributed by atoms with van der Waals surface area (Å²) >= 11 is 2.31. The highest BCUT2D eigenvalue weighted by molar-refractivity contribution is 14.1. The Labute approximate surface area is 154 Å². The van der Waals surface area contributed by atoms with Gasteiger partial charge in [0, 0.05) is 12.7 Å². The first kappa shape index (κ1) is 15.7. The van der Waals surface area contributed by atoms with Crippen LogP contribution in [0, 0.1) is 10.6 Å². The second kappa shape index (κ2) is 6.23. The van der Waals surface area contributed by atoms with E-state index >= 15 is 0 Å². The minimum absolute atomic E-state index is 0.565. The van der Waals surface area contributed by atoms with Gasteiger partial charge in [0.05, 0.1) is 24.1 Å². The molecule has 3 aromatic rings. The molecule has 0 amide bonds. The molecule has 0 aliphatic heterocycles. The highest BCUT2D eigenvalue weighted by atomic mass is 127. The molecule has 6 heteroatoms. The number of rotatable bonds is 5. The van der Waals surface area contributed by atoms with Crippen LogP contribution < -0.4 is 10.1 Å². The van der Waals surface area contributed by atoms with Crippen molar-refractivity contribution in [2.24, 2.45) is 0 Å². The first-order valence-corrected chi connectivity index (χ1v) is 9.15. The van der Waals surface area contributed by atoms with Crippen molar-refractivity contribution in [1.82, 2.24) is 14.8 Å². The average Bonchev–Trinajstić information content (AvgIpc) is 3.37. The van der Waals surface area contributed by atoms with Crippen LogP contribution >= 0.6 is 22.6 Å². The average molecular weight is 434 g/mol. The Morgan fingerprint density at radius 3 is 2.88 bits per heavy atom. The van der Waals surface area contributed by atoms with Crippen LogP contribution in [0.15, 0.2) is 30.5 Å². The molecule has 1 aliphatic carbocycles. The molecule has 1 N–H and O–H groups in total. The summed E-state index contributed by atoms with van der Waals surface area (Å²) < 4.78 is 8.49. The summed E-state index contributed by atoms with van der Waals surface area (Å²) in [4.78, 5) is 4.54. The SMILES string of the molecule is COc1ccc(CNc2nccc3c2c(I)nn3C2CC2)cc1C. The first-order valence-electron chi connectivity index (χ1n) is 8.07. The minimum atomic E-state index is 0.565. The monoisotopic (exact) mass is 434 g/mol. The molecule has 2 aromatic heterocycles. The quantitative estimate of drug-likeness (QED) is 0.609. The normalized spacial score (nSPS) is 14.1. The third-order valence-corrected chi connectivity index (χ3v) is 5.14. The van der Waals surface area contributed by atoms with Crippen molar-refractivity contribution < 1.29 is 4.74 Å². The lowest BCUT2D eigenvalue weighted by molar-refractivity contribution is 0.411. The minimum Gasteiger partial charge on any atom is -0.496 e. The fraction of sp³-hybridized carbons (Fsp3) is 0.333. The van der Waals surface area contributed by atoms with Gasteiger partial charge in [0.1, 0.15) is 15.3 Å². The molecule has 24 heavy (non-hydrogen) atoms. The topological polar surface area (TPSA) is 52.0 Å². The number of nitrogens with one attached hydrogen (secondary N) is 1. The number of benzene rings is 1. The number of fused-ring (bicyclic) bond motifs is 1. The fourth-order valence-electron chi connectivity index (χ4n) is 3.01. The number of methoxy groups -OCH3 is 1. The van der Waals surface area contributed by atoms with Crippen LogP contribution in [-0.2, 0) is 6.54 Å². The van der Waals surface area contributed by atoms with Crippen molar-refractivity contribution in [3.05, 3.63) is 45.3 Å². The molecule has 0 unspecified atom stereocenters. The Balaban J connectivity index is 1.62. The van der Waals surface area contributed by atoms with Gasteiger partial charge in [-0.2, -0.15) is 5.10 Å². The molecule has 0 atom stereocenters. The summed E-state index contributed by atoms with van der Waals surface area (Å²) in [6, 6.07) is 8.86. The number of ether oxygens (including phenoxy) is 1. The number of hydrogen-bond acceptors (Lipinski definition) is 4. The third-order valence-electron chi connectivity index (χ3n) is 4.39. The number of nitrogens with zero attached hydrogens (tertiary/aromatic N) is 3. The van der Waals surface area contributed by atoms with E-state index in [4.69, 9.17) is 9.84 Å². The zero-order valence-electron chi connectivity index (χ0n) is 13.7. The van der Waals surface area contributed by atoms with Crippen molar-refractivity contribution in [3.8, 4) is 5.75 Å². The van der Waals surface area contributed by atoms with Crippen molar-refractivity contribution in [2.45, 2.75) is 32.4 Å². The predicted octanol–water partition coefficient (Wildman–Crippen LogP) is 4.30. The van der Waals surface area contributed by atoms with Gasteiger partial charge in [-0.15, -0.1) is 0 Å². The van der Waals surface area contributed by atoms with E-state index in [0.717, 1.165) is 32.8 Å². The van der Waals surface area contributed by atoms with Crippen LogP contribution in [0.2, 0.25) is 0 Å². The molecule has 2 heterocycles. The molecule has 0 bridgehead atoms. The smallest absolute Gasteiger partial charge is 0.138 e. The van der Waals surface area contributed by atoms with Gasteiger partial charge < -0.3 is 10.1 Å². The lowest BCUT2D eigenvalue weighted by Crippen LogP contribution is -2.03. The summed E-state index contributed by atoms with van der Waals surface area (Å²) in [5.41, 5.74) is 3.51. The highest BCUT2D eigenvalue weighted by Gasteiger charge is 2.27. The Bertz CT molecular complexity index is 901. The van der Waals surface area contributed by atoms with E-state index in [1.54, 1.807) is 7.11 Å². The first-order chi connectivity index (χ1) is 11.7. The van der Waals surface area contributed by atoms with Gasteiger partial charge in [-0.05, 0) is 65.6 Å². The predicted molar refractivity (Wildman–Crippen MR) is 104 cm³/mol. The van der Waals surface area contributed by atoms with E-state index in [1.165, 1.54) is 23.9 Å². The highest BCUT2D eigenvalue weighted by Crippen LogP contribution is 2.39. The molecule has 4 rings (SSSR count). The van der Waals surface area contributed by atoms with Gasteiger partial charge in [-0.25, -0.2) is 4.98 Å². The number of halogens is 1. The van der Waals surface area contributed by atoms with Gasteiger partial charge in [-0.3, -0.25) is 4.68 Å². The molecule has 1 saturated carbocycles. The molecular weight excluding hydrogens is 415 g/mol. The van der Waals surface area contributed by atoms with Crippen LogP contribution in [0.4, 0.5) is 5.82 Å². The Hall–Kier alpha value is -1.83. The standard InChI is InChI=1S/C18H19IN4O/c1-11-9-12(3-6-15(11)24-2)10-21-18-16-14(7-8-20-18)23(13-4-5-13)22-17(16)19/h3,6-9,13H,4-5,10H2,1-2H3,(H,20,21). The summed E-state index contributed by atoms with van der Waals surface area (Å²) in [5, 5.41) is 9.30. The van der Waals surface area contributed by atoms with E-state index in [0.29, 0.717) is 6.04 Å². The van der Waals surface area contributed by atoms with E-state index in [9.17, 15) is 0 Å². The number of hydrogen-bond donors (Lipinski definition) is 1. The van der Waals surface area contributed by atoms with Gasteiger partial charge in [0.25, 0.3) is 0 Å². The number of aryl methyl sites for hydroxylation is 1. The molecule has 124 valence electrons. The van der Waals surface area contributed by atoms with Crippen molar-refractivity contribution in [1.29, 1.82) is 0 Å². The molecule has 1 aromatic carbocycles. The summed E-state index contributed by atoms with van der Waals surface area (Å²) in [5.74, 6) is 1.82. The number of anilines is 1. The second-order valence-corrected chi connectivity index (χ2v) is 7.20. The summed E-state index contributed by atoms with van der Waals surface area (Å²) in [6.07, 6.45) is 4.31. The molecular formula is C18H19IN4O. The van der Waals surface area contributed by atoms with Gasteiger partial charge >= 0.3 is 0 Å². The molecule has 1 fully saturated rings. The summed E-state index contributed by atoms with van der Waals surface area (Å²) in [6.45, 7) is 2.78. The van der Waals surface area contributed by atoms with Crippen molar-refractivity contribution in [3.63, 3.8) is 0 Å². The van der Waals surface area contributed by atoms with E-state index < -0.39 is 0 Å². The lowest BCUT2D eigenvalue weighted by atomic mass is 10.1. The maximum absolute atomic E-state index is 5.32. The zero-order chi connectivity index (χ0) is 16.7. The lowest BCUT2D eigenvalue weighted by Gasteiger charge is -2.10. The summed E-state index contributed by atoms with van der Waals surface area (Å²) in [7, 11) is 1.70. The van der Waals surface area contributed by atoms with Gasteiger partial charge in [-0.1, -0.05) is 12.1 Å². The van der Waals surface area contributed by atoms with Crippen LogP contribution in [0.3, 0.4) is 0 Å². The number of aromatic nitrogens is 3. The molecule has 0 spiro atoms. The Kier molecular flexibility index (Phi) is 4.07. The Morgan fingerprint density at radius 1 is 1.33 bits per heavy atom. The van der Waals surface area contributed by atoms with E-state index in [2.05, 4.69) is 62.7 Å². The van der Waals surface area contributed by atoms with Crippen molar-refractivity contribution >= 4 is 39.3 Å². The van der Waals surface area contributed by atoms with Gasteiger partial charge in [0.2, 0.25) is 0 Å². The third kappa shape index (κ3) is 2.83. The maximum atomic E-state index is 5.32. The molecule has 1 aliphatic rings. The van der Waals surface area contributed by atoms with Gasteiger partial charge in [0.15, 0.2) is 0 Å². The van der Waals surface area contributed by atoms with E-state index in [1.807, 2.05) is 12.3 Å². The molecule has 5 nitrogen and oxygen atoms in total. The molecule has 0 saturated heterocycles. The maximum Gasteiger partial charge on any atom is 0.138 e. The fourth-order valence-corrected chi connectivity index (χ4v) is 3.78. The molecule has 0 radical (unpaired) electrons. The van der Waals surface area contributed by atoms with E-state index in [-0.39, 0.29) is 0 Å². The van der Waals surface area contributed by atoms with Crippen molar-refractivity contribution in [2.75, 3.05) is 12.4 Å². The Morgan fingerprint density at radius 2 is 2.17 bits per heavy atom. The second-order valence-electron chi connectivity index (χ2n) is 6.18. The number of pyridine rings is 1. The zero-order valence-corrected chi connectivity index (χ0v) is 15.9. The van der Waals surface area contributed by atoms with Crippen LogP contribution in [0.1, 0.15) is 30.0 Å². The van der Waals surface area contributed by atoms with Crippen LogP contribution in [0.25, 0.3) is 10.9 Å². The van der Waals surface area contributed by atoms with Crippen LogP contribution in [0.5, 0.6) is 5.75 Å². The largest absolute Gasteiger partial charge is 0.496 e. The van der Waals surface area contributed by atoms with Crippen LogP contribution in [-0.4, -0.2) is 21.9 Å².